The van der Waals surface area contributed by atoms with E-state index in [2.05, 4.69) is 10.6 Å². The van der Waals surface area contributed by atoms with Crippen LogP contribution in [0, 0.1) is 7.14 Å². The number of carbonyl (C=O) groups excluding carboxylic acids is 2. The number of halogens is 2. The zero-order chi connectivity index (χ0) is 21.7. The van der Waals surface area contributed by atoms with Gasteiger partial charge in [0.2, 0.25) is 0 Å². The van der Waals surface area contributed by atoms with E-state index in [1.807, 2.05) is 0 Å². The highest BCUT2D eigenvalue weighted by Crippen LogP contribution is 2.25. The van der Waals surface area contributed by atoms with Crippen LogP contribution in [-0.4, -0.2) is 23.9 Å². The van der Waals surface area contributed by atoms with Crippen molar-refractivity contribution in [1.29, 1.82) is 0 Å². The van der Waals surface area contributed by atoms with E-state index in [4.69, 9.17) is 0 Å². The molecule has 1 saturated carbocycles. The summed E-state index contributed by atoms with van der Waals surface area (Å²) in [4.78, 5) is 25.5. The molecule has 0 spiro atoms. The fraction of sp³-hybridized carbons (Fsp3) is 0.300. The molecule has 1 aliphatic rings. The Balaban J connectivity index is 1.78. The minimum Gasteiger partial charge on any atom is -0.347 e. The molecule has 0 heterocycles. The van der Waals surface area contributed by atoms with E-state index < -0.39 is 51.4 Å². The van der Waals surface area contributed by atoms with Crippen molar-refractivity contribution in [3.8, 4) is 0 Å². The maximum Gasteiger partial charge on any atom is 0.341 e. The number of carbonyl (C=O) groups is 2. The van der Waals surface area contributed by atoms with Gasteiger partial charge >= 0.3 is 39.6 Å². The molecule has 0 radical (unpaired) electrons. The summed E-state index contributed by atoms with van der Waals surface area (Å²) < 4.78 is 46.1. The van der Waals surface area contributed by atoms with E-state index in [0.29, 0.717) is 12.8 Å². The summed E-state index contributed by atoms with van der Waals surface area (Å²) >= 11 is -7.68. The lowest BCUT2D eigenvalue weighted by molar-refractivity contribution is 0.0862. The Morgan fingerprint density at radius 2 is 1.03 bits per heavy atom. The van der Waals surface area contributed by atoms with E-state index in [0.717, 1.165) is 12.8 Å². The zero-order valence-corrected chi connectivity index (χ0v) is 20.1. The molecule has 0 saturated heterocycles. The summed E-state index contributed by atoms with van der Waals surface area (Å²) in [5.74, 6) is -1.00. The molecule has 30 heavy (non-hydrogen) atoms. The average molecular weight is 638 g/mol. The van der Waals surface area contributed by atoms with Crippen LogP contribution in [0.2, 0.25) is 0 Å². The van der Waals surface area contributed by atoms with Crippen LogP contribution in [0.15, 0.2) is 48.5 Å². The molecule has 2 atom stereocenters. The molecule has 10 heteroatoms. The van der Waals surface area contributed by atoms with E-state index in [1.165, 1.54) is 24.3 Å². The first-order valence-electron chi connectivity index (χ1n) is 9.29. The highest BCUT2D eigenvalue weighted by atomic mass is 127. The monoisotopic (exact) mass is 638 g/mol. The molecule has 8 nitrogen and oxygen atoms in total. The highest BCUT2D eigenvalue weighted by Gasteiger charge is 2.30. The van der Waals surface area contributed by atoms with Gasteiger partial charge in [0.25, 0.3) is 11.8 Å². The molecule has 2 aromatic carbocycles. The molecule has 1 fully saturated rings. The van der Waals surface area contributed by atoms with Crippen LogP contribution in [0.25, 0.3) is 0 Å². The van der Waals surface area contributed by atoms with E-state index in [-0.39, 0.29) is 30.4 Å². The molecular formula is C20H20I2N2O6. The summed E-state index contributed by atoms with van der Waals surface area (Å²) in [6.45, 7) is 0. The smallest absolute Gasteiger partial charge is 0.341 e. The minimum absolute atomic E-state index is 0.0343. The molecule has 2 N–H and O–H groups in total. The van der Waals surface area contributed by atoms with Crippen molar-refractivity contribution in [1.82, 2.24) is 10.6 Å². The fourth-order valence-corrected chi connectivity index (χ4v) is 6.33. The SMILES string of the molecule is O=C(N[C@@H]1CCCC[C@H]1NC(=O)c1ccccc1I(=O)=O)c1ccccc1I(=O)=O. The van der Waals surface area contributed by atoms with Gasteiger partial charge in [-0.2, -0.15) is 0 Å². The Hall–Kier alpha value is -1.96. The van der Waals surface area contributed by atoms with Crippen LogP contribution in [0.4, 0.5) is 0 Å². The normalized spacial score (nSPS) is 18.9. The van der Waals surface area contributed by atoms with Gasteiger partial charge in [0, 0.05) is 12.1 Å². The van der Waals surface area contributed by atoms with Gasteiger partial charge in [-0.05, 0) is 37.1 Å². The third kappa shape index (κ3) is 5.39. The number of amides is 2. The Kier molecular flexibility index (Phi) is 7.86. The molecular weight excluding hydrogens is 618 g/mol. The van der Waals surface area contributed by atoms with Gasteiger partial charge in [-0.15, -0.1) is 0 Å². The third-order valence-electron chi connectivity index (χ3n) is 4.97. The van der Waals surface area contributed by atoms with Crippen molar-refractivity contribution in [2.45, 2.75) is 37.8 Å². The van der Waals surface area contributed by atoms with Gasteiger partial charge in [0.15, 0.2) is 0 Å². The lowest BCUT2D eigenvalue weighted by atomic mass is 9.89. The van der Waals surface area contributed by atoms with Crippen molar-refractivity contribution < 1.29 is 21.9 Å². The van der Waals surface area contributed by atoms with Crippen LogP contribution in [0.3, 0.4) is 0 Å². The van der Waals surface area contributed by atoms with Crippen LogP contribution >= 0.6 is 39.6 Å². The second kappa shape index (κ2) is 10.4. The van der Waals surface area contributed by atoms with Gasteiger partial charge in [-0.25, -0.2) is 12.3 Å². The lowest BCUT2D eigenvalue weighted by Gasteiger charge is -2.33. The van der Waals surface area contributed by atoms with Crippen LogP contribution in [-0.2, 0) is 12.3 Å². The summed E-state index contributed by atoms with van der Waals surface area (Å²) in [5, 5.41) is 5.71. The fourth-order valence-electron chi connectivity index (χ4n) is 3.53. The average Bonchev–Trinajstić information content (AvgIpc) is 2.75. The van der Waals surface area contributed by atoms with E-state index in [1.54, 1.807) is 24.3 Å². The summed E-state index contributed by atoms with van der Waals surface area (Å²) in [6, 6.07) is 11.3. The largest absolute Gasteiger partial charge is 0.347 e. The molecule has 1 aliphatic carbocycles. The minimum atomic E-state index is -3.84. The standard InChI is InChI=1S/C20H20I2N2O6/c25-19(13-7-1-3-9-15(13)21(27)28)23-17-11-5-6-12-18(17)24-20(26)14-8-2-4-10-16(14)22(29)30/h1-4,7-10,17-18H,5-6,11-12H2,(H,23,25)(H,24,26)/t17-,18-/m1/s1. The number of rotatable bonds is 6. The summed E-state index contributed by atoms with van der Waals surface area (Å²) in [6.07, 6.45) is 2.96. The predicted octanol–water partition coefficient (Wildman–Crippen LogP) is 3.89. The Morgan fingerprint density at radius 3 is 1.40 bits per heavy atom. The summed E-state index contributed by atoms with van der Waals surface area (Å²) in [7, 11) is 0. The van der Waals surface area contributed by atoms with Crippen LogP contribution in [0.1, 0.15) is 46.4 Å². The number of nitrogens with one attached hydrogen (secondary N) is 2. The van der Waals surface area contributed by atoms with Crippen molar-refractivity contribution >= 4 is 51.4 Å². The molecule has 160 valence electrons. The molecule has 2 aromatic rings. The van der Waals surface area contributed by atoms with Crippen molar-refractivity contribution in [3.05, 3.63) is 66.8 Å². The number of hydrogen-bond donors (Lipinski definition) is 2. The first-order valence-corrected chi connectivity index (χ1v) is 15.0. The number of benzene rings is 2. The molecule has 0 bridgehead atoms. The maximum absolute atomic E-state index is 12.7. The molecule has 2 amide bonds. The molecule has 3 rings (SSSR count). The zero-order valence-electron chi connectivity index (χ0n) is 15.8. The third-order valence-corrected chi connectivity index (χ3v) is 8.75. The maximum atomic E-state index is 12.7. The topological polar surface area (TPSA) is 126 Å². The first kappa shape index (κ1) is 22.7. The first-order chi connectivity index (χ1) is 14.4. The van der Waals surface area contributed by atoms with Gasteiger partial charge < -0.3 is 10.6 Å². The molecule has 0 aliphatic heterocycles. The molecule has 0 unspecified atom stereocenters. The van der Waals surface area contributed by atoms with Gasteiger partial charge in [0.05, 0.1) is 18.3 Å². The Labute approximate surface area is 187 Å². The lowest BCUT2D eigenvalue weighted by Crippen LogP contribution is -2.53. The van der Waals surface area contributed by atoms with Gasteiger partial charge in [0.1, 0.15) is 0 Å². The summed E-state index contributed by atoms with van der Waals surface area (Å²) in [5.41, 5.74) is 0.196. The Morgan fingerprint density at radius 1 is 0.667 bits per heavy atom. The quantitative estimate of drug-likeness (QED) is 0.463. The predicted molar refractivity (Wildman–Crippen MR) is 122 cm³/mol. The van der Waals surface area contributed by atoms with E-state index >= 15 is 0 Å². The Bertz CT molecular complexity index is 1010. The second-order valence-electron chi connectivity index (χ2n) is 6.84. The highest BCUT2D eigenvalue weighted by molar-refractivity contribution is 14.2. The van der Waals surface area contributed by atoms with Gasteiger partial charge in [-0.3, -0.25) is 9.59 Å². The number of hydrogen-bond acceptors (Lipinski definition) is 6. The van der Waals surface area contributed by atoms with Crippen molar-refractivity contribution in [2.75, 3.05) is 0 Å². The van der Waals surface area contributed by atoms with Crippen LogP contribution in [0.5, 0.6) is 0 Å². The van der Waals surface area contributed by atoms with Crippen LogP contribution < -0.4 is 10.6 Å². The van der Waals surface area contributed by atoms with Crippen molar-refractivity contribution in [3.63, 3.8) is 0 Å². The second-order valence-corrected chi connectivity index (χ2v) is 11.6. The van der Waals surface area contributed by atoms with Gasteiger partial charge in [-0.1, -0.05) is 37.1 Å². The van der Waals surface area contributed by atoms with E-state index in [9.17, 15) is 21.9 Å². The van der Waals surface area contributed by atoms with Crippen molar-refractivity contribution in [2.24, 2.45) is 0 Å². The molecule has 0 aromatic heterocycles.